The molecule has 4 rings (SSSR count). The summed E-state index contributed by atoms with van der Waals surface area (Å²) in [5.41, 5.74) is 0.00205. The third-order valence-corrected chi connectivity index (χ3v) is 5.15. The predicted octanol–water partition coefficient (Wildman–Crippen LogP) is 4.41. The first kappa shape index (κ1) is 16.0. The number of rotatable bonds is 3. The molecule has 0 saturated carbocycles. The van der Waals surface area contributed by atoms with Crippen LogP contribution in [0.4, 0.5) is 0 Å². The van der Waals surface area contributed by atoms with Crippen molar-refractivity contribution < 1.29 is 14.3 Å². The molecular formula is C17H16BrClN2O3. The lowest BCUT2D eigenvalue weighted by Gasteiger charge is -2.32. The number of ether oxygens (including phenoxy) is 2. The summed E-state index contributed by atoms with van der Waals surface area (Å²) < 4.78 is 12.6. The van der Waals surface area contributed by atoms with Crippen molar-refractivity contribution in [2.75, 3.05) is 6.61 Å². The molecule has 5 nitrogen and oxygen atoms in total. The molecule has 0 bridgehead atoms. The molecule has 0 aliphatic carbocycles. The first-order chi connectivity index (χ1) is 11.4. The second kappa shape index (κ2) is 5.25. The lowest BCUT2D eigenvalue weighted by molar-refractivity contribution is 0.112. The van der Waals surface area contributed by atoms with Crippen molar-refractivity contribution in [2.24, 2.45) is 4.99 Å². The Hall–Kier alpha value is -1.50. The third kappa shape index (κ3) is 2.28. The summed E-state index contributed by atoms with van der Waals surface area (Å²) in [7, 11) is 0. The second-order valence-electron chi connectivity index (χ2n) is 6.14. The van der Waals surface area contributed by atoms with E-state index in [0.29, 0.717) is 23.1 Å². The Morgan fingerprint density at radius 1 is 1.38 bits per heavy atom. The SMILES string of the molecule is CCOC1=CC=CN2OC12C1=NC(C)(C)Oc2cc(Cl)c(Br)cc21. The molecule has 3 aliphatic rings. The lowest BCUT2D eigenvalue weighted by Crippen LogP contribution is -2.41. The van der Waals surface area contributed by atoms with Gasteiger partial charge in [0, 0.05) is 22.3 Å². The van der Waals surface area contributed by atoms with Crippen molar-refractivity contribution in [3.8, 4) is 5.75 Å². The molecule has 1 aromatic carbocycles. The Labute approximate surface area is 153 Å². The number of aliphatic imine (C=N–C) groups is 1. The minimum atomic E-state index is -0.839. The highest BCUT2D eigenvalue weighted by Gasteiger charge is 2.65. The van der Waals surface area contributed by atoms with E-state index in [2.05, 4.69) is 15.9 Å². The fourth-order valence-electron chi connectivity index (χ4n) is 2.98. The molecular weight excluding hydrogens is 396 g/mol. The van der Waals surface area contributed by atoms with Crippen LogP contribution in [-0.4, -0.2) is 28.8 Å². The number of fused-ring (bicyclic) bond motifs is 2. The minimum absolute atomic E-state index is 0.545. The molecule has 1 unspecified atom stereocenters. The number of nitrogens with zero attached hydrogens (tertiary/aromatic N) is 2. The smallest absolute Gasteiger partial charge is 0.290 e. The Morgan fingerprint density at radius 2 is 2.17 bits per heavy atom. The van der Waals surface area contributed by atoms with Gasteiger partial charge in [-0.15, -0.1) is 0 Å². The van der Waals surface area contributed by atoms with Crippen molar-refractivity contribution in [1.82, 2.24) is 5.06 Å². The van der Waals surface area contributed by atoms with E-state index in [1.807, 2.05) is 45.2 Å². The molecule has 0 spiro atoms. The van der Waals surface area contributed by atoms with Gasteiger partial charge in [-0.2, -0.15) is 0 Å². The molecule has 1 aromatic rings. The Kier molecular flexibility index (Phi) is 3.50. The number of halogens is 2. The van der Waals surface area contributed by atoms with Crippen LogP contribution in [0.25, 0.3) is 0 Å². The monoisotopic (exact) mass is 410 g/mol. The standard InChI is InChI=1S/C17H16BrClN2O3/c1-4-22-14-6-5-7-21-17(14,24-21)15-10-8-11(18)12(19)9-13(10)23-16(2,3)20-15/h5-9H,4H2,1-3H3. The van der Waals surface area contributed by atoms with Crippen molar-refractivity contribution in [3.63, 3.8) is 0 Å². The van der Waals surface area contributed by atoms with Gasteiger partial charge in [-0.05, 0) is 54.9 Å². The van der Waals surface area contributed by atoms with Crippen molar-refractivity contribution in [1.29, 1.82) is 0 Å². The maximum Gasteiger partial charge on any atom is 0.290 e. The average Bonchev–Trinajstić information content (AvgIpc) is 3.25. The van der Waals surface area contributed by atoms with Gasteiger partial charge in [0.2, 0.25) is 0 Å². The second-order valence-corrected chi connectivity index (χ2v) is 7.40. The molecule has 0 aromatic heterocycles. The van der Waals surface area contributed by atoms with Gasteiger partial charge in [-0.25, -0.2) is 14.9 Å². The summed E-state index contributed by atoms with van der Waals surface area (Å²) >= 11 is 9.71. The number of allylic oxidation sites excluding steroid dienone is 2. The van der Waals surface area contributed by atoms with Gasteiger partial charge < -0.3 is 9.47 Å². The zero-order valence-corrected chi connectivity index (χ0v) is 15.8. The molecule has 0 amide bonds. The third-order valence-electron chi connectivity index (χ3n) is 3.95. The fourth-order valence-corrected chi connectivity index (χ4v) is 3.47. The lowest BCUT2D eigenvalue weighted by atomic mass is 9.95. The van der Waals surface area contributed by atoms with E-state index in [1.54, 1.807) is 11.1 Å². The van der Waals surface area contributed by atoms with Crippen LogP contribution in [0.1, 0.15) is 26.3 Å². The van der Waals surface area contributed by atoms with Gasteiger partial charge in [0.15, 0.2) is 11.5 Å². The molecule has 1 fully saturated rings. The average molecular weight is 412 g/mol. The molecule has 24 heavy (non-hydrogen) atoms. The summed E-state index contributed by atoms with van der Waals surface area (Å²) in [6, 6.07) is 3.70. The van der Waals surface area contributed by atoms with Crippen molar-refractivity contribution in [3.05, 3.63) is 51.3 Å². The van der Waals surface area contributed by atoms with Crippen LogP contribution >= 0.6 is 27.5 Å². The molecule has 1 atom stereocenters. The summed E-state index contributed by atoms with van der Waals surface area (Å²) in [5.74, 6) is 1.38. The summed E-state index contributed by atoms with van der Waals surface area (Å²) in [4.78, 5) is 10.7. The molecule has 0 N–H and O–H groups in total. The molecule has 7 heteroatoms. The predicted molar refractivity (Wildman–Crippen MR) is 94.9 cm³/mol. The maximum atomic E-state index is 6.24. The van der Waals surface area contributed by atoms with Crippen LogP contribution < -0.4 is 4.74 Å². The molecule has 3 aliphatic heterocycles. The van der Waals surface area contributed by atoms with Gasteiger partial charge >= 0.3 is 0 Å². The van der Waals surface area contributed by atoms with E-state index in [9.17, 15) is 0 Å². The van der Waals surface area contributed by atoms with E-state index in [-0.39, 0.29) is 0 Å². The van der Waals surface area contributed by atoms with E-state index in [1.165, 1.54) is 0 Å². The fraction of sp³-hybridized carbons (Fsp3) is 0.353. The van der Waals surface area contributed by atoms with Crippen molar-refractivity contribution in [2.45, 2.75) is 32.2 Å². The Bertz CT molecular complexity index is 818. The van der Waals surface area contributed by atoms with E-state index < -0.39 is 11.4 Å². The zero-order valence-electron chi connectivity index (χ0n) is 13.5. The summed E-state index contributed by atoms with van der Waals surface area (Å²) in [5, 5.41) is 2.32. The topological polar surface area (TPSA) is 46.4 Å². The van der Waals surface area contributed by atoms with Gasteiger partial charge in [0.1, 0.15) is 11.5 Å². The Morgan fingerprint density at radius 3 is 2.92 bits per heavy atom. The number of hydroxylamine groups is 2. The highest BCUT2D eigenvalue weighted by molar-refractivity contribution is 9.10. The van der Waals surface area contributed by atoms with Crippen molar-refractivity contribution >= 4 is 33.2 Å². The maximum absolute atomic E-state index is 6.24. The van der Waals surface area contributed by atoms with Gasteiger partial charge in [-0.1, -0.05) is 11.6 Å². The first-order valence-electron chi connectivity index (χ1n) is 7.66. The molecule has 1 saturated heterocycles. The van der Waals surface area contributed by atoms with Crippen LogP contribution in [0.15, 0.2) is 45.7 Å². The first-order valence-corrected chi connectivity index (χ1v) is 8.83. The van der Waals surface area contributed by atoms with Crippen LogP contribution in [0.2, 0.25) is 5.02 Å². The highest BCUT2D eigenvalue weighted by atomic mass is 79.9. The molecule has 3 heterocycles. The molecule has 126 valence electrons. The quantitative estimate of drug-likeness (QED) is 0.691. The molecule has 0 radical (unpaired) electrons. The van der Waals surface area contributed by atoms with Crippen LogP contribution in [0.5, 0.6) is 5.75 Å². The largest absolute Gasteiger partial charge is 0.492 e. The van der Waals surface area contributed by atoms with Crippen LogP contribution in [0, 0.1) is 0 Å². The number of benzene rings is 1. The summed E-state index contributed by atoms with van der Waals surface area (Å²) in [6.07, 6.45) is 5.65. The van der Waals surface area contributed by atoms with Gasteiger partial charge in [-0.3, -0.25) is 0 Å². The van der Waals surface area contributed by atoms with Gasteiger partial charge in [0.05, 0.1) is 11.6 Å². The normalized spacial score (nSPS) is 26.0. The number of hydrogen-bond acceptors (Lipinski definition) is 5. The van der Waals surface area contributed by atoms with E-state index in [0.717, 1.165) is 15.7 Å². The van der Waals surface area contributed by atoms with E-state index in [4.69, 9.17) is 30.9 Å². The highest BCUT2D eigenvalue weighted by Crippen LogP contribution is 2.51. The zero-order chi connectivity index (χ0) is 17.1. The number of hydrogen-bond donors (Lipinski definition) is 0. The van der Waals surface area contributed by atoms with Gasteiger partial charge in [0.25, 0.3) is 5.72 Å². The Balaban J connectivity index is 1.89. The van der Waals surface area contributed by atoms with Crippen LogP contribution in [-0.2, 0) is 9.57 Å². The minimum Gasteiger partial charge on any atom is -0.492 e. The summed E-state index contributed by atoms with van der Waals surface area (Å²) in [6.45, 7) is 6.29. The van der Waals surface area contributed by atoms with E-state index >= 15 is 0 Å². The van der Waals surface area contributed by atoms with Crippen LogP contribution in [0.3, 0.4) is 0 Å².